The number of allylic oxidation sites excluding steroid dienone is 4. The van der Waals surface area contributed by atoms with Gasteiger partial charge >= 0.3 is 17.1 Å². The Morgan fingerprint density at radius 3 is 1.59 bits per heavy atom. The molecule has 0 N–H and O–H groups in total. The summed E-state index contributed by atoms with van der Waals surface area (Å²) in [5.74, 6) is 1.33. The van der Waals surface area contributed by atoms with Crippen LogP contribution in [0.5, 0.6) is 0 Å². The van der Waals surface area contributed by atoms with Gasteiger partial charge in [-0.15, -0.1) is 0 Å². The number of hydrogen-bond acceptors (Lipinski definition) is 5. The van der Waals surface area contributed by atoms with Gasteiger partial charge < -0.3 is 24.8 Å². The van der Waals surface area contributed by atoms with Crippen molar-refractivity contribution in [2.24, 2.45) is 20.0 Å². The molecule has 5 rings (SSSR count). The smallest absolute Gasteiger partial charge is 1.00 e. The molecule has 2 aliphatic heterocycles. The second-order valence-corrected chi connectivity index (χ2v) is 5.76. The molecule has 0 radical (unpaired) electrons. The standard InChI is InChI=1S/C19H13N5.2ClH.Fe/c1-2-7-13-12(6-1)21-18(22-13)16-10-5-11-17(20-16)19-23-14-8-3-4-9-15(14)24-19;;;/h1-12,14H;2*1H;/q;;;+2/p-2. The third-order valence-corrected chi connectivity index (χ3v) is 4.15. The maximum atomic E-state index is 4.68. The van der Waals surface area contributed by atoms with E-state index in [9.17, 15) is 0 Å². The quantitative estimate of drug-likeness (QED) is 0.442. The van der Waals surface area contributed by atoms with E-state index in [-0.39, 0.29) is 54.0 Å². The molecule has 2 aliphatic carbocycles. The van der Waals surface area contributed by atoms with Gasteiger partial charge in [0.1, 0.15) is 23.5 Å². The van der Waals surface area contributed by atoms with Gasteiger partial charge in [0.2, 0.25) is 0 Å². The molecule has 0 amide bonds. The van der Waals surface area contributed by atoms with Gasteiger partial charge in [0.15, 0.2) is 11.7 Å². The number of aliphatic imine (C=N–C) groups is 4. The van der Waals surface area contributed by atoms with Crippen molar-refractivity contribution in [3.8, 4) is 0 Å². The third-order valence-electron chi connectivity index (χ3n) is 4.15. The van der Waals surface area contributed by atoms with E-state index in [2.05, 4.69) is 25.0 Å². The van der Waals surface area contributed by atoms with Gasteiger partial charge in [0.25, 0.3) is 0 Å². The van der Waals surface area contributed by atoms with Crippen molar-refractivity contribution in [1.29, 1.82) is 0 Å². The van der Waals surface area contributed by atoms with Crippen LogP contribution >= 0.6 is 0 Å². The Kier molecular flexibility index (Phi) is 6.84. The molecule has 3 heterocycles. The fourth-order valence-corrected chi connectivity index (χ4v) is 2.96. The van der Waals surface area contributed by atoms with Crippen molar-refractivity contribution < 1.29 is 41.9 Å². The van der Waals surface area contributed by atoms with E-state index in [0.717, 1.165) is 22.8 Å². The van der Waals surface area contributed by atoms with E-state index in [1.54, 1.807) is 0 Å². The van der Waals surface area contributed by atoms with Crippen molar-refractivity contribution in [3.63, 3.8) is 0 Å². The second kappa shape index (κ2) is 8.72. The summed E-state index contributed by atoms with van der Waals surface area (Å²) in [5.41, 5.74) is 3.42. The average molecular weight is 438 g/mol. The van der Waals surface area contributed by atoms with Crippen LogP contribution in [0.2, 0.25) is 0 Å². The number of aromatic nitrogens is 1. The predicted octanol–water partition coefficient (Wildman–Crippen LogP) is -3.52. The van der Waals surface area contributed by atoms with E-state index < -0.39 is 0 Å². The van der Waals surface area contributed by atoms with E-state index in [1.807, 2.05) is 66.8 Å². The van der Waals surface area contributed by atoms with Crippen LogP contribution in [0.1, 0.15) is 11.4 Å². The SMILES string of the molecule is C1=CC2=NC(c3cccc(C4=NC5C=CC=CC5=N4)n3)=NC2C=C1.[Cl-].[Cl-].[Fe+2]. The summed E-state index contributed by atoms with van der Waals surface area (Å²) >= 11 is 0. The molecule has 0 bridgehead atoms. The Morgan fingerprint density at radius 2 is 1.15 bits per heavy atom. The minimum Gasteiger partial charge on any atom is -1.00 e. The van der Waals surface area contributed by atoms with Gasteiger partial charge in [-0.2, -0.15) is 0 Å². The number of fused-ring (bicyclic) bond motifs is 2. The topological polar surface area (TPSA) is 62.3 Å². The van der Waals surface area contributed by atoms with Gasteiger partial charge in [0, 0.05) is 0 Å². The summed E-state index contributed by atoms with van der Waals surface area (Å²) in [5, 5.41) is 0. The van der Waals surface area contributed by atoms with Crippen LogP contribution in [0.4, 0.5) is 0 Å². The Bertz CT molecular complexity index is 910. The zero-order valence-corrected chi connectivity index (χ0v) is 16.5. The van der Waals surface area contributed by atoms with Crippen molar-refractivity contribution in [1.82, 2.24) is 4.98 Å². The molecular weight excluding hydrogens is 425 g/mol. The summed E-state index contributed by atoms with van der Waals surface area (Å²) in [4.78, 5) is 23.1. The van der Waals surface area contributed by atoms with Crippen LogP contribution < -0.4 is 24.8 Å². The molecule has 0 saturated heterocycles. The summed E-state index contributed by atoms with van der Waals surface area (Å²) in [6.07, 6.45) is 16.0. The monoisotopic (exact) mass is 437 g/mol. The predicted molar refractivity (Wildman–Crippen MR) is 96.3 cm³/mol. The Labute approximate surface area is 179 Å². The number of nitrogens with zero attached hydrogens (tertiary/aromatic N) is 5. The molecule has 4 aliphatic rings. The molecule has 8 heteroatoms. The van der Waals surface area contributed by atoms with E-state index in [4.69, 9.17) is 0 Å². The number of hydrogen-bond donors (Lipinski definition) is 0. The molecule has 1 aromatic heterocycles. The van der Waals surface area contributed by atoms with E-state index in [1.165, 1.54) is 0 Å². The molecule has 2 atom stereocenters. The number of pyridine rings is 1. The minimum absolute atomic E-state index is 0. The molecule has 27 heavy (non-hydrogen) atoms. The normalized spacial score (nSPS) is 23.0. The molecule has 0 aromatic carbocycles. The second-order valence-electron chi connectivity index (χ2n) is 5.76. The zero-order chi connectivity index (χ0) is 15.9. The molecule has 0 saturated carbocycles. The first-order valence-corrected chi connectivity index (χ1v) is 7.87. The van der Waals surface area contributed by atoms with Crippen LogP contribution in [-0.4, -0.2) is 40.2 Å². The van der Waals surface area contributed by atoms with E-state index >= 15 is 0 Å². The van der Waals surface area contributed by atoms with Crippen LogP contribution in [0.3, 0.4) is 0 Å². The minimum atomic E-state index is 0. The number of halogens is 2. The molecule has 5 nitrogen and oxygen atoms in total. The fourth-order valence-electron chi connectivity index (χ4n) is 2.96. The first kappa shape index (κ1) is 21.2. The molecule has 0 spiro atoms. The van der Waals surface area contributed by atoms with Crippen molar-refractivity contribution in [3.05, 3.63) is 78.2 Å². The van der Waals surface area contributed by atoms with Crippen LogP contribution in [0.25, 0.3) is 0 Å². The van der Waals surface area contributed by atoms with Gasteiger partial charge in [-0.25, -0.2) is 15.0 Å². The molecule has 0 fully saturated rings. The molecule has 136 valence electrons. The summed E-state index contributed by atoms with van der Waals surface area (Å²) < 4.78 is 0. The van der Waals surface area contributed by atoms with Crippen molar-refractivity contribution in [2.45, 2.75) is 12.1 Å². The molecule has 2 unspecified atom stereocenters. The van der Waals surface area contributed by atoms with Gasteiger partial charge in [0.05, 0.1) is 11.4 Å². The third kappa shape index (κ3) is 3.94. The Hall–Kier alpha value is -2.11. The van der Waals surface area contributed by atoms with Crippen LogP contribution in [0.15, 0.2) is 86.8 Å². The van der Waals surface area contributed by atoms with Crippen molar-refractivity contribution >= 4 is 23.1 Å². The largest absolute Gasteiger partial charge is 2.00 e. The Morgan fingerprint density at radius 1 is 0.667 bits per heavy atom. The fraction of sp³-hybridized carbons (Fsp3) is 0.105. The average Bonchev–Trinajstić information content (AvgIpc) is 3.26. The number of amidine groups is 2. The Balaban J connectivity index is 0.000000871. The van der Waals surface area contributed by atoms with Crippen LogP contribution in [-0.2, 0) is 17.1 Å². The van der Waals surface area contributed by atoms with Gasteiger partial charge in [-0.3, -0.25) is 9.98 Å². The van der Waals surface area contributed by atoms with Crippen LogP contribution in [0, 0.1) is 0 Å². The first-order chi connectivity index (χ1) is 11.9. The number of rotatable bonds is 2. The first-order valence-electron chi connectivity index (χ1n) is 7.87. The van der Waals surface area contributed by atoms with Gasteiger partial charge in [-0.05, 0) is 24.3 Å². The molecule has 1 aromatic rings. The summed E-state index contributed by atoms with van der Waals surface area (Å²) in [6, 6.07) is 5.82. The molecular formula is C19H13Cl2FeN5. The summed E-state index contributed by atoms with van der Waals surface area (Å²) in [6.45, 7) is 0. The maximum Gasteiger partial charge on any atom is 2.00 e. The maximum absolute atomic E-state index is 4.68. The van der Waals surface area contributed by atoms with E-state index in [0.29, 0.717) is 11.7 Å². The zero-order valence-electron chi connectivity index (χ0n) is 13.9. The van der Waals surface area contributed by atoms with Gasteiger partial charge in [-0.1, -0.05) is 42.5 Å². The summed E-state index contributed by atoms with van der Waals surface area (Å²) in [7, 11) is 0. The van der Waals surface area contributed by atoms with Crippen molar-refractivity contribution in [2.75, 3.05) is 0 Å².